The van der Waals surface area contributed by atoms with Crippen LogP contribution in [0.15, 0.2) is 72.8 Å². The lowest BCUT2D eigenvalue weighted by Crippen LogP contribution is -2.46. The van der Waals surface area contributed by atoms with Crippen molar-refractivity contribution in [3.8, 4) is 16.9 Å². The molecule has 1 aliphatic carbocycles. The number of fused-ring (bicyclic) bond motifs is 1. The molecule has 0 saturated heterocycles. The van der Waals surface area contributed by atoms with E-state index in [4.69, 9.17) is 16.2 Å². The standard InChI is InChI=1S/C31H35N3O3/c1-20-19-34(31(36)30(33)25-5-3-2-4-6-25)27-16-15-26(18-28(27)37-20)24-13-11-23(12-14-24)22-9-7-21(8-10-22)17-29(32)35/h2-6,11-16,18,20-22,30H,7-10,17,19,33H2,1H3,(H2,32,35). The number of rotatable bonds is 6. The normalized spacial score (nSPS) is 22.0. The first-order valence-corrected chi connectivity index (χ1v) is 13.2. The van der Waals surface area contributed by atoms with E-state index < -0.39 is 6.04 Å². The van der Waals surface area contributed by atoms with Crippen LogP contribution in [0.4, 0.5) is 5.69 Å². The minimum absolute atomic E-state index is 0.134. The molecule has 1 saturated carbocycles. The van der Waals surface area contributed by atoms with Crippen molar-refractivity contribution in [2.75, 3.05) is 11.4 Å². The first-order chi connectivity index (χ1) is 17.9. The fourth-order valence-electron chi connectivity index (χ4n) is 5.73. The molecule has 6 nitrogen and oxygen atoms in total. The van der Waals surface area contributed by atoms with Crippen molar-refractivity contribution in [3.05, 3.63) is 83.9 Å². The molecule has 2 unspecified atom stereocenters. The molecule has 2 atom stereocenters. The molecule has 0 radical (unpaired) electrons. The zero-order valence-corrected chi connectivity index (χ0v) is 21.3. The molecule has 1 aliphatic heterocycles. The van der Waals surface area contributed by atoms with Crippen molar-refractivity contribution >= 4 is 17.5 Å². The Hall–Kier alpha value is -3.64. The molecular formula is C31H35N3O3. The van der Waals surface area contributed by atoms with E-state index in [1.54, 1.807) is 4.90 Å². The Balaban J connectivity index is 1.31. The topological polar surface area (TPSA) is 98.6 Å². The van der Waals surface area contributed by atoms with Gasteiger partial charge in [0.1, 0.15) is 17.9 Å². The summed E-state index contributed by atoms with van der Waals surface area (Å²) in [6.07, 6.45) is 4.67. The number of hydrogen-bond donors (Lipinski definition) is 2. The largest absolute Gasteiger partial charge is 0.487 e. The number of amides is 2. The zero-order chi connectivity index (χ0) is 25.9. The molecule has 6 heteroatoms. The summed E-state index contributed by atoms with van der Waals surface area (Å²) in [4.78, 5) is 26.3. The van der Waals surface area contributed by atoms with Crippen molar-refractivity contribution < 1.29 is 14.3 Å². The minimum Gasteiger partial charge on any atom is -0.487 e. The molecular weight excluding hydrogens is 462 g/mol. The van der Waals surface area contributed by atoms with E-state index >= 15 is 0 Å². The van der Waals surface area contributed by atoms with Crippen molar-refractivity contribution in [2.45, 2.75) is 57.1 Å². The van der Waals surface area contributed by atoms with Crippen molar-refractivity contribution in [1.82, 2.24) is 0 Å². The molecule has 0 spiro atoms. The van der Waals surface area contributed by atoms with Crippen LogP contribution in [-0.2, 0) is 9.59 Å². The number of carbonyl (C=O) groups excluding carboxylic acids is 2. The van der Waals surface area contributed by atoms with E-state index in [-0.39, 0.29) is 17.9 Å². The van der Waals surface area contributed by atoms with Crippen LogP contribution in [0.5, 0.6) is 5.75 Å². The summed E-state index contributed by atoms with van der Waals surface area (Å²) in [5.41, 5.74) is 16.8. The maximum Gasteiger partial charge on any atom is 0.248 e. The molecule has 0 bridgehead atoms. The van der Waals surface area contributed by atoms with Gasteiger partial charge in [0, 0.05) is 6.42 Å². The molecule has 2 aliphatic rings. The average molecular weight is 498 g/mol. The molecule has 0 aromatic heterocycles. The molecule has 5 rings (SSSR count). The van der Waals surface area contributed by atoms with Gasteiger partial charge in [0.05, 0.1) is 12.2 Å². The third kappa shape index (κ3) is 5.54. The van der Waals surface area contributed by atoms with E-state index in [0.717, 1.165) is 48.1 Å². The third-order valence-electron chi connectivity index (χ3n) is 7.76. The van der Waals surface area contributed by atoms with Crippen LogP contribution < -0.4 is 21.1 Å². The Morgan fingerprint density at radius 2 is 1.62 bits per heavy atom. The van der Waals surface area contributed by atoms with Crippen LogP contribution in [0, 0.1) is 5.92 Å². The number of nitrogens with zero attached hydrogens (tertiary/aromatic N) is 1. The summed E-state index contributed by atoms with van der Waals surface area (Å²) in [5.74, 6) is 1.33. The van der Waals surface area contributed by atoms with Gasteiger partial charge in [-0.25, -0.2) is 0 Å². The number of primary amides is 1. The van der Waals surface area contributed by atoms with E-state index in [0.29, 0.717) is 30.6 Å². The maximum absolute atomic E-state index is 13.3. The zero-order valence-electron chi connectivity index (χ0n) is 21.3. The summed E-state index contributed by atoms with van der Waals surface area (Å²) in [5, 5.41) is 0. The van der Waals surface area contributed by atoms with Crippen LogP contribution in [0.1, 0.15) is 62.1 Å². The highest BCUT2D eigenvalue weighted by molar-refractivity contribution is 5.99. The molecule has 3 aromatic rings. The van der Waals surface area contributed by atoms with Gasteiger partial charge in [0.2, 0.25) is 11.8 Å². The molecule has 3 aromatic carbocycles. The van der Waals surface area contributed by atoms with Crippen LogP contribution in [0.3, 0.4) is 0 Å². The number of nitrogens with two attached hydrogens (primary N) is 2. The number of carbonyl (C=O) groups is 2. The fraction of sp³-hybridized carbons (Fsp3) is 0.355. The molecule has 4 N–H and O–H groups in total. The number of anilines is 1. The highest BCUT2D eigenvalue weighted by Crippen LogP contribution is 2.40. The highest BCUT2D eigenvalue weighted by Gasteiger charge is 2.31. The monoisotopic (exact) mass is 497 g/mol. The van der Waals surface area contributed by atoms with Gasteiger partial charge in [-0.1, -0.05) is 60.7 Å². The first-order valence-electron chi connectivity index (χ1n) is 13.2. The van der Waals surface area contributed by atoms with Crippen LogP contribution in [0.25, 0.3) is 11.1 Å². The fourth-order valence-corrected chi connectivity index (χ4v) is 5.73. The Morgan fingerprint density at radius 1 is 0.946 bits per heavy atom. The van der Waals surface area contributed by atoms with Gasteiger partial charge in [0.15, 0.2) is 0 Å². The van der Waals surface area contributed by atoms with E-state index in [1.807, 2.05) is 55.5 Å². The summed E-state index contributed by atoms with van der Waals surface area (Å²) in [6, 6.07) is 23.5. The lowest BCUT2D eigenvalue weighted by Gasteiger charge is -2.35. The van der Waals surface area contributed by atoms with Crippen LogP contribution >= 0.6 is 0 Å². The first kappa shape index (κ1) is 25.0. The summed E-state index contributed by atoms with van der Waals surface area (Å²) in [6.45, 7) is 2.43. The second kappa shape index (κ2) is 10.8. The average Bonchev–Trinajstić information content (AvgIpc) is 2.92. The van der Waals surface area contributed by atoms with Gasteiger partial charge in [-0.3, -0.25) is 9.59 Å². The van der Waals surface area contributed by atoms with E-state index in [9.17, 15) is 9.59 Å². The Kier molecular flexibility index (Phi) is 7.28. The van der Waals surface area contributed by atoms with Gasteiger partial charge in [-0.05, 0) is 78.8 Å². The van der Waals surface area contributed by atoms with Crippen molar-refractivity contribution in [1.29, 1.82) is 0 Å². The predicted molar refractivity (Wildman–Crippen MR) is 146 cm³/mol. The number of benzene rings is 3. The lowest BCUT2D eigenvalue weighted by atomic mass is 9.77. The summed E-state index contributed by atoms with van der Waals surface area (Å²) in [7, 11) is 0. The molecule has 1 fully saturated rings. The third-order valence-corrected chi connectivity index (χ3v) is 7.76. The Morgan fingerprint density at radius 3 is 2.30 bits per heavy atom. The second-order valence-corrected chi connectivity index (χ2v) is 10.5. The number of ether oxygens (including phenoxy) is 1. The van der Waals surface area contributed by atoms with E-state index in [1.165, 1.54) is 5.56 Å². The highest BCUT2D eigenvalue weighted by atomic mass is 16.5. The van der Waals surface area contributed by atoms with Gasteiger partial charge in [0.25, 0.3) is 0 Å². The quantitative estimate of drug-likeness (QED) is 0.482. The minimum atomic E-state index is -0.725. The second-order valence-electron chi connectivity index (χ2n) is 10.5. The smallest absolute Gasteiger partial charge is 0.248 e. The molecule has 37 heavy (non-hydrogen) atoms. The maximum atomic E-state index is 13.3. The molecule has 1 heterocycles. The van der Waals surface area contributed by atoms with E-state index in [2.05, 4.69) is 24.3 Å². The summed E-state index contributed by atoms with van der Waals surface area (Å²) < 4.78 is 6.15. The van der Waals surface area contributed by atoms with Gasteiger partial charge in [-0.15, -0.1) is 0 Å². The van der Waals surface area contributed by atoms with Crippen molar-refractivity contribution in [3.63, 3.8) is 0 Å². The Labute approximate surface area is 218 Å². The lowest BCUT2D eigenvalue weighted by molar-refractivity contribution is -0.120. The van der Waals surface area contributed by atoms with Gasteiger partial charge in [-0.2, -0.15) is 0 Å². The predicted octanol–water partition coefficient (Wildman–Crippen LogP) is 5.32. The molecule has 2 amide bonds. The SMILES string of the molecule is CC1CN(C(=O)C(N)c2ccccc2)c2ccc(-c3ccc(C4CCC(CC(N)=O)CC4)cc3)cc2O1. The van der Waals surface area contributed by atoms with Gasteiger partial charge < -0.3 is 21.1 Å². The van der Waals surface area contributed by atoms with Crippen molar-refractivity contribution in [2.24, 2.45) is 17.4 Å². The summed E-state index contributed by atoms with van der Waals surface area (Å²) >= 11 is 0. The number of hydrogen-bond acceptors (Lipinski definition) is 4. The van der Waals surface area contributed by atoms with Crippen LogP contribution in [0.2, 0.25) is 0 Å². The molecule has 192 valence electrons. The van der Waals surface area contributed by atoms with Gasteiger partial charge >= 0.3 is 0 Å². The van der Waals surface area contributed by atoms with Crippen LogP contribution in [-0.4, -0.2) is 24.5 Å². The Bertz CT molecular complexity index is 1250.